The highest BCUT2D eigenvalue weighted by molar-refractivity contribution is 5.54. The van der Waals surface area contributed by atoms with Crippen LogP contribution >= 0.6 is 0 Å². The second-order valence-electron chi connectivity index (χ2n) is 4.30. The molecule has 1 aliphatic heterocycles. The van der Waals surface area contributed by atoms with Gasteiger partial charge in [-0.2, -0.15) is 0 Å². The van der Waals surface area contributed by atoms with Crippen molar-refractivity contribution >= 4 is 11.5 Å². The summed E-state index contributed by atoms with van der Waals surface area (Å²) in [7, 11) is 0. The van der Waals surface area contributed by atoms with Crippen LogP contribution in [0.1, 0.15) is 18.4 Å². The maximum absolute atomic E-state index is 10.6. The van der Waals surface area contributed by atoms with E-state index in [0.717, 1.165) is 37.2 Å². The summed E-state index contributed by atoms with van der Waals surface area (Å²) in [4.78, 5) is 16.0. The van der Waals surface area contributed by atoms with Crippen molar-refractivity contribution < 1.29 is 10.0 Å². The SMILES string of the molecule is Cc1cc([N+](=O)[O-])ncc1N1CCC(O)CC1. The topological polar surface area (TPSA) is 79.5 Å². The Morgan fingerprint density at radius 1 is 1.53 bits per heavy atom. The van der Waals surface area contributed by atoms with Gasteiger partial charge >= 0.3 is 5.82 Å². The molecule has 0 atom stereocenters. The van der Waals surface area contributed by atoms with Gasteiger partial charge in [-0.1, -0.05) is 0 Å². The Bertz CT molecular complexity index is 428. The Balaban J connectivity index is 2.19. The van der Waals surface area contributed by atoms with E-state index in [-0.39, 0.29) is 11.9 Å². The molecule has 0 aromatic carbocycles. The fourth-order valence-corrected chi connectivity index (χ4v) is 2.07. The average Bonchev–Trinajstić information content (AvgIpc) is 2.30. The van der Waals surface area contributed by atoms with Crippen molar-refractivity contribution in [2.75, 3.05) is 18.0 Å². The van der Waals surface area contributed by atoms with Gasteiger partial charge in [-0.3, -0.25) is 0 Å². The maximum atomic E-state index is 10.6. The highest BCUT2D eigenvalue weighted by atomic mass is 16.6. The first kappa shape index (κ1) is 11.8. The predicted molar refractivity (Wildman–Crippen MR) is 63.1 cm³/mol. The molecule has 6 nitrogen and oxygen atoms in total. The largest absolute Gasteiger partial charge is 0.393 e. The summed E-state index contributed by atoms with van der Waals surface area (Å²) in [5.41, 5.74) is 1.77. The van der Waals surface area contributed by atoms with Gasteiger partial charge in [0.1, 0.15) is 0 Å². The summed E-state index contributed by atoms with van der Waals surface area (Å²) >= 11 is 0. The van der Waals surface area contributed by atoms with Crippen LogP contribution in [0, 0.1) is 17.0 Å². The van der Waals surface area contributed by atoms with Gasteiger partial charge in [-0.05, 0) is 35.2 Å². The maximum Gasteiger partial charge on any atom is 0.363 e. The smallest absolute Gasteiger partial charge is 0.363 e. The molecule has 1 saturated heterocycles. The van der Waals surface area contributed by atoms with E-state index in [2.05, 4.69) is 9.88 Å². The van der Waals surface area contributed by atoms with Crippen molar-refractivity contribution in [3.8, 4) is 0 Å². The average molecular weight is 237 g/mol. The first-order chi connectivity index (χ1) is 8.08. The van der Waals surface area contributed by atoms with Gasteiger partial charge in [0.05, 0.1) is 11.8 Å². The van der Waals surface area contributed by atoms with Crippen molar-refractivity contribution in [1.29, 1.82) is 0 Å². The molecule has 6 heteroatoms. The molecule has 0 aliphatic carbocycles. The minimum absolute atomic E-state index is 0.122. The monoisotopic (exact) mass is 237 g/mol. The second kappa shape index (κ2) is 4.67. The minimum Gasteiger partial charge on any atom is -0.393 e. The quantitative estimate of drug-likeness (QED) is 0.618. The number of anilines is 1. The Morgan fingerprint density at radius 3 is 2.71 bits per heavy atom. The Kier molecular flexibility index (Phi) is 3.23. The van der Waals surface area contributed by atoms with Crippen LogP contribution in [0.4, 0.5) is 11.5 Å². The lowest BCUT2D eigenvalue weighted by Gasteiger charge is -2.31. The number of aromatic nitrogens is 1. The standard InChI is InChI=1S/C11H15N3O3/c1-8-6-11(14(16)17)12-7-10(8)13-4-2-9(15)3-5-13/h6-7,9,15H,2-5H2,1H3. The van der Waals surface area contributed by atoms with Gasteiger partial charge in [-0.25, -0.2) is 0 Å². The van der Waals surface area contributed by atoms with E-state index in [1.807, 2.05) is 6.92 Å². The minimum atomic E-state index is -0.489. The van der Waals surface area contributed by atoms with Crippen LogP contribution in [-0.2, 0) is 0 Å². The molecule has 0 bridgehead atoms. The van der Waals surface area contributed by atoms with Crippen LogP contribution in [0.15, 0.2) is 12.3 Å². The van der Waals surface area contributed by atoms with Gasteiger partial charge in [0.25, 0.3) is 0 Å². The molecule has 1 aromatic heterocycles. The lowest BCUT2D eigenvalue weighted by Crippen LogP contribution is -2.36. The molecule has 0 saturated carbocycles. The number of aliphatic hydroxyl groups excluding tert-OH is 1. The molecule has 1 fully saturated rings. The molecule has 0 amide bonds. The number of rotatable bonds is 2. The number of hydrogen-bond donors (Lipinski definition) is 1. The van der Waals surface area contributed by atoms with Gasteiger partial charge in [0.15, 0.2) is 6.20 Å². The van der Waals surface area contributed by atoms with Crippen LogP contribution in [0.25, 0.3) is 0 Å². The Hall–Kier alpha value is -1.69. The highest BCUT2D eigenvalue weighted by Gasteiger charge is 2.21. The molecule has 0 spiro atoms. The number of aliphatic hydroxyl groups is 1. The fourth-order valence-electron chi connectivity index (χ4n) is 2.07. The zero-order valence-corrected chi connectivity index (χ0v) is 9.67. The van der Waals surface area contributed by atoms with Crippen LogP contribution in [0.3, 0.4) is 0 Å². The summed E-state index contributed by atoms with van der Waals surface area (Å²) in [6.07, 6.45) is 2.79. The molecule has 17 heavy (non-hydrogen) atoms. The van der Waals surface area contributed by atoms with Crippen molar-refractivity contribution in [2.45, 2.75) is 25.9 Å². The van der Waals surface area contributed by atoms with Crippen molar-refractivity contribution in [1.82, 2.24) is 4.98 Å². The Labute approximate surface area is 99.0 Å². The highest BCUT2D eigenvalue weighted by Crippen LogP contribution is 2.25. The number of nitro groups is 1. The Morgan fingerprint density at radius 2 is 2.18 bits per heavy atom. The third-order valence-electron chi connectivity index (χ3n) is 3.06. The number of hydrogen-bond acceptors (Lipinski definition) is 5. The van der Waals surface area contributed by atoms with Crippen LogP contribution in [0.5, 0.6) is 0 Å². The third kappa shape index (κ3) is 2.52. The molecule has 1 aromatic rings. The molecule has 92 valence electrons. The van der Waals surface area contributed by atoms with Crippen LogP contribution in [-0.4, -0.2) is 34.2 Å². The molecule has 1 N–H and O–H groups in total. The molecular formula is C11H15N3O3. The van der Waals surface area contributed by atoms with Crippen molar-refractivity contribution in [2.24, 2.45) is 0 Å². The van der Waals surface area contributed by atoms with Crippen LogP contribution in [0.2, 0.25) is 0 Å². The second-order valence-corrected chi connectivity index (χ2v) is 4.30. The summed E-state index contributed by atoms with van der Waals surface area (Å²) in [6.45, 7) is 3.37. The number of pyridine rings is 1. The van der Waals surface area contributed by atoms with E-state index in [1.54, 1.807) is 6.20 Å². The van der Waals surface area contributed by atoms with E-state index in [9.17, 15) is 15.2 Å². The molecular weight excluding hydrogens is 222 g/mol. The van der Waals surface area contributed by atoms with Gasteiger partial charge in [-0.15, -0.1) is 0 Å². The fraction of sp³-hybridized carbons (Fsp3) is 0.545. The third-order valence-corrected chi connectivity index (χ3v) is 3.06. The summed E-state index contributed by atoms with van der Waals surface area (Å²) < 4.78 is 0. The van der Waals surface area contributed by atoms with E-state index in [0.29, 0.717) is 0 Å². The van der Waals surface area contributed by atoms with E-state index < -0.39 is 4.92 Å². The normalized spacial score (nSPS) is 17.2. The molecule has 1 aliphatic rings. The van der Waals surface area contributed by atoms with Gasteiger partial charge in [0.2, 0.25) is 0 Å². The summed E-state index contributed by atoms with van der Waals surface area (Å²) in [5, 5.41) is 20.0. The number of nitrogens with zero attached hydrogens (tertiary/aromatic N) is 3. The summed E-state index contributed by atoms with van der Waals surface area (Å²) in [5.74, 6) is -0.122. The van der Waals surface area contributed by atoms with E-state index in [1.165, 1.54) is 6.07 Å². The molecule has 2 rings (SSSR count). The molecule has 0 unspecified atom stereocenters. The van der Waals surface area contributed by atoms with Crippen molar-refractivity contribution in [3.63, 3.8) is 0 Å². The molecule has 0 radical (unpaired) electrons. The zero-order chi connectivity index (χ0) is 12.4. The lowest BCUT2D eigenvalue weighted by molar-refractivity contribution is -0.389. The predicted octanol–water partition coefficient (Wildman–Crippen LogP) is 1.26. The summed E-state index contributed by atoms with van der Waals surface area (Å²) in [6, 6.07) is 1.49. The first-order valence-corrected chi connectivity index (χ1v) is 5.62. The number of aryl methyl sites for hydroxylation is 1. The number of piperidine rings is 1. The van der Waals surface area contributed by atoms with Gasteiger partial charge in [0, 0.05) is 19.2 Å². The lowest BCUT2D eigenvalue weighted by atomic mass is 10.1. The van der Waals surface area contributed by atoms with Gasteiger partial charge < -0.3 is 20.1 Å². The van der Waals surface area contributed by atoms with Crippen LogP contribution < -0.4 is 4.90 Å². The van der Waals surface area contributed by atoms with E-state index >= 15 is 0 Å². The first-order valence-electron chi connectivity index (χ1n) is 5.62. The molecule has 2 heterocycles. The zero-order valence-electron chi connectivity index (χ0n) is 9.67. The van der Waals surface area contributed by atoms with Crippen molar-refractivity contribution in [3.05, 3.63) is 27.9 Å². The van der Waals surface area contributed by atoms with E-state index in [4.69, 9.17) is 0 Å².